The van der Waals surface area contributed by atoms with Gasteiger partial charge < -0.3 is 9.47 Å². The average Bonchev–Trinajstić information content (AvgIpc) is 2.51. The van der Waals surface area contributed by atoms with Crippen molar-refractivity contribution in [2.75, 3.05) is 0 Å². The van der Waals surface area contributed by atoms with Gasteiger partial charge in [0.15, 0.2) is 11.9 Å². The summed E-state index contributed by atoms with van der Waals surface area (Å²) in [6.45, 7) is 1.56. The summed E-state index contributed by atoms with van der Waals surface area (Å²) in [7, 11) is 0. The third kappa shape index (κ3) is 4.06. The molecule has 22 heavy (non-hydrogen) atoms. The Balaban J connectivity index is 2.04. The first-order chi connectivity index (χ1) is 10.5. The highest BCUT2D eigenvalue weighted by atomic mass is 35.5. The van der Waals surface area contributed by atoms with E-state index in [-0.39, 0.29) is 10.9 Å². The smallest absolute Gasteiger partial charge is 0.274 e. The van der Waals surface area contributed by atoms with Crippen LogP contribution in [0.1, 0.15) is 6.92 Å². The molecule has 0 saturated carbocycles. The van der Waals surface area contributed by atoms with Gasteiger partial charge in [-0.15, -0.1) is 0 Å². The molecular formula is C14H13ClFN3O3. The van der Waals surface area contributed by atoms with Crippen molar-refractivity contribution >= 4 is 17.5 Å². The number of carbonyl (C=O) groups excluding carboxylic acids is 1. The Morgan fingerprint density at radius 1 is 1.36 bits per heavy atom. The van der Waals surface area contributed by atoms with E-state index in [0.29, 0.717) is 11.5 Å². The summed E-state index contributed by atoms with van der Waals surface area (Å²) >= 11 is 5.61. The van der Waals surface area contributed by atoms with Gasteiger partial charge in [-0.05, 0) is 37.3 Å². The molecule has 116 valence electrons. The molecule has 1 aromatic heterocycles. The molecule has 0 aliphatic rings. The lowest BCUT2D eigenvalue weighted by Gasteiger charge is -2.13. The van der Waals surface area contributed by atoms with Gasteiger partial charge in [-0.1, -0.05) is 11.6 Å². The number of nitrogens with one attached hydrogen (secondary N) is 1. The van der Waals surface area contributed by atoms with Crippen LogP contribution in [-0.2, 0) is 4.79 Å². The van der Waals surface area contributed by atoms with E-state index in [2.05, 4.69) is 4.98 Å². The van der Waals surface area contributed by atoms with Crippen molar-refractivity contribution in [1.82, 2.24) is 10.4 Å². The molecule has 0 unspecified atom stereocenters. The summed E-state index contributed by atoms with van der Waals surface area (Å²) < 4.78 is 24.2. The van der Waals surface area contributed by atoms with E-state index < -0.39 is 17.8 Å². The van der Waals surface area contributed by atoms with Crippen molar-refractivity contribution in [3.8, 4) is 17.4 Å². The topological polar surface area (TPSA) is 86.5 Å². The summed E-state index contributed by atoms with van der Waals surface area (Å²) in [5, 5.41) is 0.181. The number of hydrogen-bond donors (Lipinski definition) is 2. The van der Waals surface area contributed by atoms with Crippen molar-refractivity contribution in [3.63, 3.8) is 0 Å². The monoisotopic (exact) mass is 325 g/mol. The van der Waals surface area contributed by atoms with Gasteiger partial charge in [-0.3, -0.25) is 10.2 Å². The summed E-state index contributed by atoms with van der Waals surface area (Å²) in [6.07, 6.45) is 0.539. The number of nitrogens with two attached hydrogens (primary N) is 1. The number of pyridine rings is 1. The first-order valence-corrected chi connectivity index (χ1v) is 6.63. The third-order valence-electron chi connectivity index (χ3n) is 2.64. The predicted molar refractivity (Wildman–Crippen MR) is 78.1 cm³/mol. The highest BCUT2D eigenvalue weighted by Gasteiger charge is 2.13. The second kappa shape index (κ2) is 7.06. The third-order valence-corrected chi connectivity index (χ3v) is 2.84. The van der Waals surface area contributed by atoms with Crippen molar-refractivity contribution in [2.45, 2.75) is 13.0 Å². The minimum atomic E-state index is -0.743. The zero-order valence-corrected chi connectivity index (χ0v) is 12.3. The Bertz CT molecular complexity index is 667. The van der Waals surface area contributed by atoms with Crippen LogP contribution < -0.4 is 20.7 Å². The van der Waals surface area contributed by atoms with E-state index in [1.165, 1.54) is 6.20 Å². The van der Waals surface area contributed by atoms with E-state index in [1.807, 2.05) is 5.43 Å². The maximum atomic E-state index is 13.6. The SMILES string of the molecule is C[C@@H](Oc1ccc(Oc2ncc(Cl)cc2F)cc1)C(=O)NN. The predicted octanol–water partition coefficient (Wildman–Crippen LogP) is 2.42. The zero-order valence-electron chi connectivity index (χ0n) is 11.5. The molecule has 1 heterocycles. The van der Waals surface area contributed by atoms with Crippen LogP contribution in [0.25, 0.3) is 0 Å². The number of amides is 1. The number of hydrogen-bond acceptors (Lipinski definition) is 5. The molecule has 1 atom stereocenters. The lowest BCUT2D eigenvalue weighted by Crippen LogP contribution is -2.40. The van der Waals surface area contributed by atoms with Crippen molar-refractivity contribution in [1.29, 1.82) is 0 Å². The number of benzene rings is 1. The quantitative estimate of drug-likeness (QED) is 0.501. The molecule has 2 aromatic rings. The largest absolute Gasteiger partial charge is 0.481 e. The summed E-state index contributed by atoms with van der Waals surface area (Å²) in [5.74, 6) is 4.50. The molecule has 0 bridgehead atoms. The van der Waals surface area contributed by atoms with E-state index >= 15 is 0 Å². The molecule has 0 saturated heterocycles. The lowest BCUT2D eigenvalue weighted by atomic mass is 10.3. The van der Waals surface area contributed by atoms with Gasteiger partial charge in [-0.25, -0.2) is 15.2 Å². The minimum Gasteiger partial charge on any atom is -0.481 e. The van der Waals surface area contributed by atoms with Crippen molar-refractivity contribution in [3.05, 3.63) is 47.4 Å². The highest BCUT2D eigenvalue weighted by Crippen LogP contribution is 2.26. The number of ether oxygens (including phenoxy) is 2. The molecular weight excluding hydrogens is 313 g/mol. The first kappa shape index (κ1) is 16.0. The number of nitrogens with zero attached hydrogens (tertiary/aromatic N) is 1. The van der Waals surface area contributed by atoms with Crippen LogP contribution in [0.2, 0.25) is 5.02 Å². The molecule has 0 radical (unpaired) electrons. The van der Waals surface area contributed by atoms with Crippen LogP contribution in [0.3, 0.4) is 0 Å². The number of carbonyl (C=O) groups is 1. The zero-order chi connectivity index (χ0) is 16.1. The minimum absolute atomic E-state index is 0.181. The van der Waals surface area contributed by atoms with E-state index in [1.54, 1.807) is 31.2 Å². The molecule has 0 aliphatic carbocycles. The van der Waals surface area contributed by atoms with Gasteiger partial charge in [0.25, 0.3) is 11.8 Å². The highest BCUT2D eigenvalue weighted by molar-refractivity contribution is 6.30. The molecule has 1 aromatic carbocycles. The van der Waals surface area contributed by atoms with E-state index in [4.69, 9.17) is 26.9 Å². The lowest BCUT2D eigenvalue weighted by molar-refractivity contribution is -0.127. The maximum absolute atomic E-state index is 13.6. The molecule has 3 N–H and O–H groups in total. The van der Waals surface area contributed by atoms with Gasteiger partial charge in [-0.2, -0.15) is 0 Å². The maximum Gasteiger partial charge on any atom is 0.274 e. The Morgan fingerprint density at radius 2 is 2.00 bits per heavy atom. The Kier molecular flexibility index (Phi) is 5.13. The van der Waals surface area contributed by atoms with Gasteiger partial charge in [0.05, 0.1) is 5.02 Å². The molecule has 2 rings (SSSR count). The molecule has 1 amide bonds. The summed E-state index contributed by atoms with van der Waals surface area (Å²) in [6, 6.07) is 7.36. The molecule has 0 aliphatic heterocycles. The van der Waals surface area contributed by atoms with Gasteiger partial charge in [0, 0.05) is 6.20 Å². The van der Waals surface area contributed by atoms with Gasteiger partial charge >= 0.3 is 0 Å². The Hall–Kier alpha value is -2.38. The number of halogens is 2. The summed E-state index contributed by atoms with van der Waals surface area (Å²) in [4.78, 5) is 15.0. The number of hydrazine groups is 1. The normalized spacial score (nSPS) is 11.6. The van der Waals surface area contributed by atoms with Crippen LogP contribution in [-0.4, -0.2) is 17.0 Å². The number of rotatable bonds is 5. The molecule has 0 fully saturated rings. The average molecular weight is 326 g/mol. The Morgan fingerprint density at radius 3 is 2.59 bits per heavy atom. The summed E-state index contributed by atoms with van der Waals surface area (Å²) in [5.41, 5.74) is 1.99. The van der Waals surface area contributed by atoms with Crippen LogP contribution in [0, 0.1) is 5.82 Å². The molecule has 0 spiro atoms. The van der Waals surface area contributed by atoms with Crippen molar-refractivity contribution in [2.24, 2.45) is 5.84 Å². The molecule has 8 heteroatoms. The van der Waals surface area contributed by atoms with E-state index in [0.717, 1.165) is 6.07 Å². The fourth-order valence-corrected chi connectivity index (χ4v) is 1.69. The molecule has 6 nitrogen and oxygen atoms in total. The fraction of sp³-hybridized carbons (Fsp3) is 0.143. The second-order valence-electron chi connectivity index (χ2n) is 4.28. The van der Waals surface area contributed by atoms with E-state index in [9.17, 15) is 9.18 Å². The van der Waals surface area contributed by atoms with Crippen LogP contribution in [0.15, 0.2) is 36.5 Å². The second-order valence-corrected chi connectivity index (χ2v) is 4.72. The van der Waals surface area contributed by atoms with Crippen molar-refractivity contribution < 1.29 is 18.7 Å². The van der Waals surface area contributed by atoms with Crippen LogP contribution >= 0.6 is 11.6 Å². The number of aromatic nitrogens is 1. The van der Waals surface area contributed by atoms with Crippen LogP contribution in [0.5, 0.6) is 17.4 Å². The Labute approximate surface area is 131 Å². The van der Waals surface area contributed by atoms with Gasteiger partial charge in [0.1, 0.15) is 11.5 Å². The standard InChI is InChI=1S/C14H13ClFN3O3/c1-8(13(20)19-17)21-10-2-4-11(5-3-10)22-14-12(16)6-9(15)7-18-14/h2-8H,17H2,1H3,(H,19,20)/t8-/m1/s1. The first-order valence-electron chi connectivity index (χ1n) is 6.25. The van der Waals surface area contributed by atoms with Gasteiger partial charge in [0.2, 0.25) is 0 Å². The fourth-order valence-electron chi connectivity index (χ4n) is 1.55. The van der Waals surface area contributed by atoms with Crippen LogP contribution in [0.4, 0.5) is 4.39 Å².